The maximum Gasteiger partial charge on any atom is 0.225 e. The topological polar surface area (TPSA) is 41.9 Å². The van der Waals surface area contributed by atoms with E-state index in [4.69, 9.17) is 9.97 Å². The van der Waals surface area contributed by atoms with Crippen molar-refractivity contribution < 1.29 is 0 Å². The van der Waals surface area contributed by atoms with Gasteiger partial charge in [-0.2, -0.15) is 0 Å². The van der Waals surface area contributed by atoms with Crippen molar-refractivity contribution in [2.75, 3.05) is 18.0 Å². The molecule has 0 radical (unpaired) electrons. The van der Waals surface area contributed by atoms with Crippen molar-refractivity contribution in [1.29, 1.82) is 0 Å². The highest BCUT2D eigenvalue weighted by atomic mass is 32.1. The Labute approximate surface area is 152 Å². The molecule has 4 nitrogen and oxygen atoms in total. The van der Waals surface area contributed by atoms with Crippen LogP contribution in [0, 0.1) is 0 Å². The molecule has 1 aliphatic heterocycles. The van der Waals surface area contributed by atoms with E-state index < -0.39 is 0 Å². The lowest BCUT2D eigenvalue weighted by Crippen LogP contribution is -2.20. The Kier molecular flexibility index (Phi) is 3.85. The predicted octanol–water partition coefficient (Wildman–Crippen LogP) is 4.67. The lowest BCUT2D eigenvalue weighted by Gasteiger charge is -2.20. The lowest BCUT2D eigenvalue weighted by molar-refractivity contribution is 0.675. The van der Waals surface area contributed by atoms with Crippen molar-refractivity contribution in [2.45, 2.75) is 58.3 Å². The van der Waals surface area contributed by atoms with Crippen LogP contribution in [0.1, 0.15) is 55.8 Å². The van der Waals surface area contributed by atoms with Crippen LogP contribution in [-0.2, 0) is 19.3 Å². The number of rotatable bonds is 3. The van der Waals surface area contributed by atoms with Crippen LogP contribution in [0.25, 0.3) is 20.4 Å². The van der Waals surface area contributed by atoms with Gasteiger partial charge in [-0.3, -0.25) is 0 Å². The lowest BCUT2D eigenvalue weighted by atomic mass is 9.88. The Morgan fingerprint density at radius 1 is 1.04 bits per heavy atom. The second-order valence-electron chi connectivity index (χ2n) is 7.33. The molecule has 2 aliphatic rings. The van der Waals surface area contributed by atoms with Gasteiger partial charge in [0.05, 0.1) is 16.4 Å². The maximum absolute atomic E-state index is 5.08. The minimum absolute atomic E-state index is 0.909. The van der Waals surface area contributed by atoms with E-state index in [0.29, 0.717) is 0 Å². The molecule has 1 saturated heterocycles. The molecule has 5 rings (SSSR count). The number of anilines is 1. The first-order valence-corrected chi connectivity index (χ1v) is 10.5. The van der Waals surface area contributed by atoms with E-state index in [1.165, 1.54) is 70.3 Å². The molecule has 0 unspecified atom stereocenters. The van der Waals surface area contributed by atoms with Crippen LogP contribution in [0.2, 0.25) is 0 Å². The van der Waals surface area contributed by atoms with Crippen molar-refractivity contribution in [3.05, 3.63) is 23.0 Å². The second kappa shape index (κ2) is 6.20. The standard InChI is InChI=1S/C20H24N4S/c1-2-7-15-13-8-3-4-9-14(13)17-18-16(25-19(17)22-15)12-21-20(23-18)24-10-5-6-11-24/h12H,2-11H2,1H3. The Balaban J connectivity index is 1.75. The van der Waals surface area contributed by atoms with Crippen molar-refractivity contribution >= 4 is 37.7 Å². The summed E-state index contributed by atoms with van der Waals surface area (Å²) < 4.78 is 1.19. The molecule has 1 aliphatic carbocycles. The molecule has 5 heteroatoms. The predicted molar refractivity (Wildman–Crippen MR) is 105 cm³/mol. The molecule has 0 amide bonds. The summed E-state index contributed by atoms with van der Waals surface area (Å²) in [6.45, 7) is 4.43. The van der Waals surface area contributed by atoms with Gasteiger partial charge < -0.3 is 4.90 Å². The maximum atomic E-state index is 5.08. The van der Waals surface area contributed by atoms with Gasteiger partial charge >= 0.3 is 0 Å². The van der Waals surface area contributed by atoms with E-state index in [9.17, 15) is 0 Å². The molecule has 3 aromatic heterocycles. The first kappa shape index (κ1) is 15.5. The van der Waals surface area contributed by atoms with Crippen LogP contribution >= 0.6 is 11.3 Å². The molecule has 130 valence electrons. The smallest absolute Gasteiger partial charge is 0.225 e. The third-order valence-electron chi connectivity index (χ3n) is 5.63. The highest BCUT2D eigenvalue weighted by molar-refractivity contribution is 7.25. The van der Waals surface area contributed by atoms with Crippen molar-refractivity contribution in [3.8, 4) is 0 Å². The first-order chi connectivity index (χ1) is 12.3. The fraction of sp³-hybridized carbons (Fsp3) is 0.550. The van der Waals surface area contributed by atoms with E-state index in [1.54, 1.807) is 11.3 Å². The van der Waals surface area contributed by atoms with Crippen LogP contribution in [0.15, 0.2) is 6.20 Å². The normalized spacial score (nSPS) is 17.6. The fourth-order valence-corrected chi connectivity index (χ4v) is 5.46. The van der Waals surface area contributed by atoms with Gasteiger partial charge in [0.2, 0.25) is 5.95 Å². The van der Waals surface area contributed by atoms with Crippen LogP contribution in [-0.4, -0.2) is 28.0 Å². The quantitative estimate of drug-likeness (QED) is 0.687. The molecule has 25 heavy (non-hydrogen) atoms. The monoisotopic (exact) mass is 352 g/mol. The van der Waals surface area contributed by atoms with Crippen molar-refractivity contribution in [1.82, 2.24) is 15.0 Å². The van der Waals surface area contributed by atoms with Gasteiger partial charge in [0.1, 0.15) is 4.83 Å². The van der Waals surface area contributed by atoms with Gasteiger partial charge in [-0.1, -0.05) is 13.3 Å². The van der Waals surface area contributed by atoms with Crippen LogP contribution in [0.5, 0.6) is 0 Å². The van der Waals surface area contributed by atoms with Gasteiger partial charge in [0.15, 0.2) is 0 Å². The molecule has 4 heterocycles. The minimum atomic E-state index is 0.909. The van der Waals surface area contributed by atoms with E-state index in [1.807, 2.05) is 6.20 Å². The first-order valence-electron chi connectivity index (χ1n) is 9.70. The summed E-state index contributed by atoms with van der Waals surface area (Å²) in [5.41, 5.74) is 5.55. The minimum Gasteiger partial charge on any atom is -0.341 e. The zero-order valence-electron chi connectivity index (χ0n) is 14.8. The molecule has 0 saturated carbocycles. The second-order valence-corrected chi connectivity index (χ2v) is 8.36. The van der Waals surface area contributed by atoms with Crippen LogP contribution < -0.4 is 4.90 Å². The van der Waals surface area contributed by atoms with E-state index >= 15 is 0 Å². The van der Waals surface area contributed by atoms with Gasteiger partial charge in [0.25, 0.3) is 0 Å². The number of hydrogen-bond donors (Lipinski definition) is 0. The highest BCUT2D eigenvalue weighted by Crippen LogP contribution is 2.39. The van der Waals surface area contributed by atoms with Crippen LogP contribution in [0.4, 0.5) is 5.95 Å². The van der Waals surface area contributed by atoms with Gasteiger partial charge in [-0.25, -0.2) is 15.0 Å². The average molecular weight is 353 g/mol. The summed E-state index contributed by atoms with van der Waals surface area (Å²) in [4.78, 5) is 18.2. The molecule has 0 atom stereocenters. The van der Waals surface area contributed by atoms with E-state index in [0.717, 1.165) is 37.4 Å². The Hall–Kier alpha value is -1.75. The molecule has 0 aromatic carbocycles. The number of nitrogens with zero attached hydrogens (tertiary/aromatic N) is 4. The Morgan fingerprint density at radius 3 is 2.64 bits per heavy atom. The summed E-state index contributed by atoms with van der Waals surface area (Å²) in [5.74, 6) is 0.909. The van der Waals surface area contributed by atoms with Gasteiger partial charge in [-0.15, -0.1) is 11.3 Å². The number of aromatic nitrogens is 3. The SMILES string of the molecule is CCCc1nc2sc3cnc(N4CCCC4)nc3c2c2c1CCCC2. The third kappa shape index (κ3) is 2.51. The summed E-state index contributed by atoms with van der Waals surface area (Å²) in [7, 11) is 0. The summed E-state index contributed by atoms with van der Waals surface area (Å²) in [6.07, 6.45) is 11.7. The molecule has 0 bridgehead atoms. The van der Waals surface area contributed by atoms with Gasteiger partial charge in [-0.05, 0) is 56.1 Å². The average Bonchev–Trinajstić information content (AvgIpc) is 3.29. The molecule has 3 aromatic rings. The molecule has 1 fully saturated rings. The number of hydrogen-bond acceptors (Lipinski definition) is 5. The number of aryl methyl sites for hydroxylation is 2. The number of fused-ring (bicyclic) bond motifs is 5. The van der Waals surface area contributed by atoms with Crippen LogP contribution in [0.3, 0.4) is 0 Å². The van der Waals surface area contributed by atoms with Gasteiger partial charge in [0, 0.05) is 24.2 Å². The molecule has 0 N–H and O–H groups in total. The van der Waals surface area contributed by atoms with E-state index in [-0.39, 0.29) is 0 Å². The zero-order valence-corrected chi connectivity index (χ0v) is 15.7. The summed E-state index contributed by atoms with van der Waals surface area (Å²) >= 11 is 1.77. The van der Waals surface area contributed by atoms with E-state index in [2.05, 4.69) is 16.8 Å². The number of thiophene rings is 1. The molecule has 0 spiro atoms. The molecular formula is C20H24N4S. The number of pyridine rings is 1. The fourth-order valence-electron chi connectivity index (χ4n) is 4.43. The third-order valence-corrected chi connectivity index (χ3v) is 6.64. The zero-order chi connectivity index (χ0) is 16.8. The Bertz CT molecular complexity index is 940. The van der Waals surface area contributed by atoms with Crippen molar-refractivity contribution in [2.24, 2.45) is 0 Å². The largest absolute Gasteiger partial charge is 0.341 e. The highest BCUT2D eigenvalue weighted by Gasteiger charge is 2.23. The summed E-state index contributed by atoms with van der Waals surface area (Å²) in [5, 5.41) is 1.33. The molecular weight excluding hydrogens is 328 g/mol. The summed E-state index contributed by atoms with van der Waals surface area (Å²) in [6, 6.07) is 0. The Morgan fingerprint density at radius 2 is 1.84 bits per heavy atom. The van der Waals surface area contributed by atoms with Crippen molar-refractivity contribution in [3.63, 3.8) is 0 Å².